The first-order valence-corrected chi connectivity index (χ1v) is 8.44. The molecule has 1 fully saturated rings. The number of anilines is 1. The highest BCUT2D eigenvalue weighted by Crippen LogP contribution is 2.31. The first-order chi connectivity index (χ1) is 10.4. The van der Waals surface area contributed by atoms with Crippen LogP contribution in [0, 0.1) is 31.1 Å². The molecule has 120 valence electrons. The lowest BCUT2D eigenvalue weighted by Crippen LogP contribution is -2.41. The minimum absolute atomic E-state index is 0.0757. The van der Waals surface area contributed by atoms with Crippen LogP contribution < -0.4 is 5.32 Å². The van der Waals surface area contributed by atoms with Crippen molar-refractivity contribution in [2.24, 2.45) is 5.92 Å². The molecule has 1 atom stereocenters. The molecule has 1 amide bonds. The molecular weight excluding hydrogens is 298 g/mol. The molecule has 0 aliphatic carbocycles. The first kappa shape index (κ1) is 16.9. The molecule has 2 N–H and O–H groups in total. The van der Waals surface area contributed by atoms with Crippen molar-refractivity contribution in [2.75, 3.05) is 25.0 Å². The van der Waals surface area contributed by atoms with Gasteiger partial charge in [0.15, 0.2) is 0 Å². The van der Waals surface area contributed by atoms with E-state index in [1.54, 1.807) is 0 Å². The van der Waals surface area contributed by atoms with Crippen molar-refractivity contribution in [1.29, 1.82) is 5.26 Å². The predicted octanol–water partition coefficient (Wildman–Crippen LogP) is 2.27. The van der Waals surface area contributed by atoms with Gasteiger partial charge in [0, 0.05) is 4.88 Å². The first-order valence-electron chi connectivity index (χ1n) is 7.62. The normalized spacial score (nSPS) is 18.0. The molecule has 1 unspecified atom stereocenters. The molecule has 0 spiro atoms. The van der Waals surface area contributed by atoms with Crippen molar-refractivity contribution in [3.63, 3.8) is 0 Å². The van der Waals surface area contributed by atoms with Crippen LogP contribution in [-0.4, -0.2) is 41.7 Å². The summed E-state index contributed by atoms with van der Waals surface area (Å²) in [5.74, 6) is 0.264. The van der Waals surface area contributed by atoms with Crippen LogP contribution in [-0.2, 0) is 4.79 Å². The lowest BCUT2D eigenvalue weighted by Gasteiger charge is -2.32. The predicted molar refractivity (Wildman–Crippen MR) is 88.0 cm³/mol. The van der Waals surface area contributed by atoms with Gasteiger partial charge in [0.2, 0.25) is 5.91 Å². The second kappa shape index (κ2) is 7.23. The number of carbonyl (C=O) groups excluding carboxylic acids is 1. The molecule has 1 aliphatic rings. The number of nitriles is 1. The van der Waals surface area contributed by atoms with Crippen LogP contribution in [0.5, 0.6) is 0 Å². The van der Waals surface area contributed by atoms with Gasteiger partial charge in [0.25, 0.3) is 0 Å². The largest absolute Gasteiger partial charge is 0.393 e. The summed E-state index contributed by atoms with van der Waals surface area (Å²) in [7, 11) is 0. The standard InChI is InChI=1S/C16H23N3O2S/c1-10-12(3)22-16(14(10)8-17)18-15(21)9-19-6-4-13(5-7-19)11(2)20/h11,13,20H,4-7,9H2,1-3H3,(H,18,21). The van der Waals surface area contributed by atoms with Gasteiger partial charge in [0.1, 0.15) is 11.1 Å². The van der Waals surface area contributed by atoms with E-state index < -0.39 is 0 Å². The van der Waals surface area contributed by atoms with E-state index in [0.717, 1.165) is 36.4 Å². The third-order valence-electron chi connectivity index (χ3n) is 4.43. The minimum atomic E-state index is -0.272. The topological polar surface area (TPSA) is 76.4 Å². The van der Waals surface area contributed by atoms with Gasteiger partial charge in [-0.2, -0.15) is 5.26 Å². The monoisotopic (exact) mass is 321 g/mol. The van der Waals surface area contributed by atoms with E-state index in [9.17, 15) is 15.2 Å². The molecule has 6 heteroatoms. The van der Waals surface area contributed by atoms with E-state index in [0.29, 0.717) is 23.0 Å². The number of nitrogens with one attached hydrogen (secondary N) is 1. The zero-order valence-corrected chi connectivity index (χ0v) is 14.2. The van der Waals surface area contributed by atoms with Crippen LogP contribution in [0.3, 0.4) is 0 Å². The van der Waals surface area contributed by atoms with Crippen LogP contribution in [0.25, 0.3) is 0 Å². The number of nitrogens with zero attached hydrogens (tertiary/aromatic N) is 2. The average Bonchev–Trinajstić information content (AvgIpc) is 2.73. The summed E-state index contributed by atoms with van der Waals surface area (Å²) in [6.45, 7) is 7.69. The van der Waals surface area contributed by atoms with Crippen molar-refractivity contribution >= 4 is 22.2 Å². The number of aliphatic hydroxyl groups excluding tert-OH is 1. The molecule has 0 saturated carbocycles. The van der Waals surface area contributed by atoms with Gasteiger partial charge in [-0.05, 0) is 58.2 Å². The molecule has 2 heterocycles. The molecule has 1 saturated heterocycles. The van der Waals surface area contributed by atoms with Crippen molar-refractivity contribution in [2.45, 2.75) is 39.7 Å². The van der Waals surface area contributed by atoms with E-state index in [4.69, 9.17) is 0 Å². The molecule has 0 radical (unpaired) electrons. The van der Waals surface area contributed by atoms with E-state index >= 15 is 0 Å². The van der Waals surface area contributed by atoms with E-state index in [1.165, 1.54) is 11.3 Å². The van der Waals surface area contributed by atoms with Gasteiger partial charge in [0.05, 0.1) is 18.2 Å². The second-order valence-corrected chi connectivity index (χ2v) is 7.23. The van der Waals surface area contributed by atoms with Crippen LogP contribution >= 0.6 is 11.3 Å². The highest BCUT2D eigenvalue weighted by molar-refractivity contribution is 7.16. The van der Waals surface area contributed by atoms with Gasteiger partial charge in [-0.3, -0.25) is 9.69 Å². The third-order valence-corrected chi connectivity index (χ3v) is 5.55. The Labute approximate surface area is 135 Å². The number of aryl methyl sites for hydroxylation is 1. The molecular formula is C16H23N3O2S. The Hall–Kier alpha value is -1.42. The second-order valence-electron chi connectivity index (χ2n) is 6.00. The van der Waals surface area contributed by atoms with Crippen molar-refractivity contribution in [3.8, 4) is 6.07 Å². The summed E-state index contributed by atoms with van der Waals surface area (Å²) in [6, 6.07) is 2.17. The Bertz CT molecular complexity index is 581. The Balaban J connectivity index is 1.89. The molecule has 1 aliphatic heterocycles. The van der Waals surface area contributed by atoms with Gasteiger partial charge >= 0.3 is 0 Å². The number of aliphatic hydroxyl groups is 1. The molecule has 1 aromatic rings. The lowest BCUT2D eigenvalue weighted by molar-refractivity contribution is -0.117. The molecule has 0 aromatic carbocycles. The SMILES string of the molecule is Cc1sc(NC(=O)CN2CCC(C(C)O)CC2)c(C#N)c1C. The summed E-state index contributed by atoms with van der Waals surface area (Å²) in [6.07, 6.45) is 1.57. The maximum Gasteiger partial charge on any atom is 0.239 e. The Kier molecular flexibility index (Phi) is 5.57. The third kappa shape index (κ3) is 3.86. The molecule has 22 heavy (non-hydrogen) atoms. The number of hydrogen-bond donors (Lipinski definition) is 2. The summed E-state index contributed by atoms with van der Waals surface area (Å²) >= 11 is 1.45. The fourth-order valence-corrected chi connectivity index (χ4v) is 3.84. The summed E-state index contributed by atoms with van der Waals surface area (Å²) in [4.78, 5) is 15.3. The number of rotatable bonds is 4. The smallest absolute Gasteiger partial charge is 0.239 e. The van der Waals surface area contributed by atoms with Gasteiger partial charge in [-0.1, -0.05) is 0 Å². The van der Waals surface area contributed by atoms with Crippen LogP contribution in [0.2, 0.25) is 0 Å². The summed E-state index contributed by atoms with van der Waals surface area (Å²) in [5, 5.41) is 22.3. The van der Waals surface area contributed by atoms with Crippen LogP contribution in [0.15, 0.2) is 0 Å². The summed E-state index contributed by atoms with van der Waals surface area (Å²) in [5.41, 5.74) is 1.52. The number of piperidine rings is 1. The van der Waals surface area contributed by atoms with Crippen molar-refractivity contribution in [3.05, 3.63) is 16.0 Å². The number of likely N-dealkylation sites (tertiary alicyclic amines) is 1. The number of thiophene rings is 1. The van der Waals surface area contributed by atoms with Crippen LogP contribution in [0.4, 0.5) is 5.00 Å². The quantitative estimate of drug-likeness (QED) is 0.892. The number of amides is 1. The van der Waals surface area contributed by atoms with Crippen LogP contribution in [0.1, 0.15) is 35.8 Å². The maximum atomic E-state index is 12.2. The molecule has 5 nitrogen and oxygen atoms in total. The van der Waals surface area contributed by atoms with Gasteiger partial charge in [-0.25, -0.2) is 0 Å². The van der Waals surface area contributed by atoms with Crippen molar-refractivity contribution < 1.29 is 9.90 Å². The lowest BCUT2D eigenvalue weighted by atomic mass is 9.92. The highest BCUT2D eigenvalue weighted by atomic mass is 32.1. The molecule has 2 rings (SSSR count). The molecule has 1 aromatic heterocycles. The number of hydrogen-bond acceptors (Lipinski definition) is 5. The zero-order chi connectivity index (χ0) is 16.3. The average molecular weight is 321 g/mol. The fraction of sp³-hybridized carbons (Fsp3) is 0.625. The zero-order valence-electron chi connectivity index (χ0n) is 13.3. The Morgan fingerprint density at radius 2 is 2.14 bits per heavy atom. The van der Waals surface area contributed by atoms with Crippen molar-refractivity contribution in [1.82, 2.24) is 4.90 Å². The molecule has 0 bridgehead atoms. The Morgan fingerprint density at radius 3 is 2.68 bits per heavy atom. The maximum absolute atomic E-state index is 12.2. The Morgan fingerprint density at radius 1 is 1.50 bits per heavy atom. The van der Waals surface area contributed by atoms with E-state index in [2.05, 4.69) is 16.3 Å². The highest BCUT2D eigenvalue weighted by Gasteiger charge is 2.24. The number of carbonyl (C=O) groups is 1. The van der Waals surface area contributed by atoms with Gasteiger partial charge in [-0.15, -0.1) is 11.3 Å². The minimum Gasteiger partial charge on any atom is -0.393 e. The van der Waals surface area contributed by atoms with Gasteiger partial charge < -0.3 is 10.4 Å². The van der Waals surface area contributed by atoms with E-state index in [1.807, 2.05) is 20.8 Å². The van der Waals surface area contributed by atoms with E-state index in [-0.39, 0.29) is 12.0 Å². The summed E-state index contributed by atoms with van der Waals surface area (Å²) < 4.78 is 0. The fourth-order valence-electron chi connectivity index (χ4n) is 2.81.